The highest BCUT2D eigenvalue weighted by Crippen LogP contribution is 2.06. The number of alkyl carbamates (subject to hydrolysis) is 1. The molecule has 1 rings (SSSR count). The Morgan fingerprint density at radius 1 is 1.44 bits per heavy atom. The van der Waals surface area contributed by atoms with Crippen LogP contribution in [0, 0.1) is 0 Å². The van der Waals surface area contributed by atoms with E-state index in [9.17, 15) is 4.79 Å². The molecule has 0 spiro atoms. The van der Waals surface area contributed by atoms with Gasteiger partial charge >= 0.3 is 6.09 Å². The molecular formula is C12H16N2O2. The molecule has 1 N–H and O–H groups in total. The molecule has 0 aliphatic rings. The van der Waals surface area contributed by atoms with Gasteiger partial charge in [0.25, 0.3) is 0 Å². The van der Waals surface area contributed by atoms with Crippen molar-refractivity contribution in [3.8, 4) is 0 Å². The van der Waals surface area contributed by atoms with Gasteiger partial charge in [0.2, 0.25) is 0 Å². The van der Waals surface area contributed by atoms with E-state index in [1.807, 2.05) is 39.0 Å². The minimum Gasteiger partial charge on any atom is -0.444 e. The zero-order valence-electron chi connectivity index (χ0n) is 9.73. The number of amides is 1. The van der Waals surface area contributed by atoms with Gasteiger partial charge in [0.1, 0.15) is 5.60 Å². The van der Waals surface area contributed by atoms with Gasteiger partial charge in [0.05, 0.1) is 5.69 Å². The molecule has 0 bridgehead atoms. The van der Waals surface area contributed by atoms with Gasteiger partial charge < -0.3 is 4.74 Å². The number of pyridine rings is 1. The Morgan fingerprint density at radius 2 is 2.19 bits per heavy atom. The summed E-state index contributed by atoms with van der Waals surface area (Å²) in [6.07, 6.45) is 4.42. The van der Waals surface area contributed by atoms with Crippen molar-refractivity contribution in [3.63, 3.8) is 0 Å². The Balaban J connectivity index is 2.41. The first-order valence-corrected chi connectivity index (χ1v) is 5.04. The van der Waals surface area contributed by atoms with E-state index in [1.54, 1.807) is 12.3 Å². The molecule has 1 amide bonds. The molecule has 16 heavy (non-hydrogen) atoms. The zero-order chi connectivity index (χ0) is 12.0. The van der Waals surface area contributed by atoms with E-state index in [2.05, 4.69) is 10.3 Å². The number of carbonyl (C=O) groups is 1. The van der Waals surface area contributed by atoms with Crippen LogP contribution in [0.15, 0.2) is 30.6 Å². The van der Waals surface area contributed by atoms with Gasteiger partial charge in [-0.25, -0.2) is 4.79 Å². The van der Waals surface area contributed by atoms with Crippen molar-refractivity contribution in [2.45, 2.75) is 26.4 Å². The Morgan fingerprint density at radius 3 is 2.75 bits per heavy atom. The second kappa shape index (κ2) is 5.30. The van der Waals surface area contributed by atoms with Gasteiger partial charge in [-0.1, -0.05) is 6.07 Å². The first-order chi connectivity index (χ1) is 7.47. The zero-order valence-corrected chi connectivity index (χ0v) is 9.73. The largest absolute Gasteiger partial charge is 0.444 e. The summed E-state index contributed by atoms with van der Waals surface area (Å²) < 4.78 is 5.05. The number of carbonyl (C=O) groups excluding carboxylic acids is 1. The number of hydrogen-bond donors (Lipinski definition) is 1. The molecule has 0 aliphatic heterocycles. The molecule has 0 atom stereocenters. The van der Waals surface area contributed by atoms with Crippen LogP contribution in [0.5, 0.6) is 0 Å². The lowest BCUT2D eigenvalue weighted by atomic mass is 10.2. The number of aromatic nitrogens is 1. The number of nitrogens with zero attached hydrogens (tertiary/aromatic N) is 1. The van der Waals surface area contributed by atoms with Crippen molar-refractivity contribution >= 4 is 12.2 Å². The standard InChI is InChI=1S/C12H16N2O2/c1-12(2,3)16-11(15)14-9-7-10-6-4-5-8-13-10/h4-9H,1-3H3,(H,14,15)/b9-7-. The Kier molecular flexibility index (Phi) is 4.05. The maximum Gasteiger partial charge on any atom is 0.411 e. The van der Waals surface area contributed by atoms with Crippen LogP contribution in [0.25, 0.3) is 6.08 Å². The summed E-state index contributed by atoms with van der Waals surface area (Å²) >= 11 is 0. The fraction of sp³-hybridized carbons (Fsp3) is 0.333. The normalized spacial score (nSPS) is 11.4. The molecule has 1 heterocycles. The van der Waals surface area contributed by atoms with Crippen molar-refractivity contribution in [2.75, 3.05) is 0 Å². The van der Waals surface area contributed by atoms with Crippen molar-refractivity contribution in [2.24, 2.45) is 0 Å². The molecule has 0 aliphatic carbocycles. The minimum absolute atomic E-state index is 0.473. The lowest BCUT2D eigenvalue weighted by molar-refractivity contribution is 0.0553. The van der Waals surface area contributed by atoms with Crippen LogP contribution in [0.4, 0.5) is 4.79 Å². The summed E-state index contributed by atoms with van der Waals surface area (Å²) in [6.45, 7) is 5.44. The summed E-state index contributed by atoms with van der Waals surface area (Å²) in [4.78, 5) is 15.3. The molecule has 1 aromatic heterocycles. The molecule has 0 saturated carbocycles. The average Bonchev–Trinajstić information content (AvgIpc) is 2.16. The Bertz CT molecular complexity index is 366. The second-order valence-electron chi connectivity index (χ2n) is 4.23. The second-order valence-corrected chi connectivity index (χ2v) is 4.23. The third-order valence-electron chi connectivity index (χ3n) is 1.54. The van der Waals surface area contributed by atoms with Gasteiger partial charge in [0, 0.05) is 12.4 Å². The molecule has 1 aromatic rings. The van der Waals surface area contributed by atoms with E-state index in [0.29, 0.717) is 0 Å². The lowest BCUT2D eigenvalue weighted by Crippen LogP contribution is -2.29. The van der Waals surface area contributed by atoms with Gasteiger partial charge in [0.15, 0.2) is 0 Å². The van der Waals surface area contributed by atoms with Crippen LogP contribution < -0.4 is 5.32 Å². The molecule has 86 valence electrons. The van der Waals surface area contributed by atoms with E-state index in [1.165, 1.54) is 6.20 Å². The summed E-state index contributed by atoms with van der Waals surface area (Å²) in [5.41, 5.74) is 0.293. The molecular weight excluding hydrogens is 204 g/mol. The highest BCUT2D eigenvalue weighted by Gasteiger charge is 2.14. The first-order valence-electron chi connectivity index (χ1n) is 5.04. The van der Waals surface area contributed by atoms with Gasteiger partial charge in [-0.3, -0.25) is 10.3 Å². The highest BCUT2D eigenvalue weighted by atomic mass is 16.6. The predicted molar refractivity (Wildman–Crippen MR) is 62.6 cm³/mol. The SMILES string of the molecule is CC(C)(C)OC(=O)N/C=C\c1ccccn1. The van der Waals surface area contributed by atoms with E-state index in [0.717, 1.165) is 5.69 Å². The number of ether oxygens (including phenoxy) is 1. The van der Waals surface area contributed by atoms with E-state index >= 15 is 0 Å². The van der Waals surface area contributed by atoms with Crippen LogP contribution in [0.3, 0.4) is 0 Å². The maximum absolute atomic E-state index is 11.2. The van der Waals surface area contributed by atoms with Crippen molar-refractivity contribution < 1.29 is 9.53 Å². The molecule has 4 heteroatoms. The van der Waals surface area contributed by atoms with Crippen LogP contribution >= 0.6 is 0 Å². The smallest absolute Gasteiger partial charge is 0.411 e. The van der Waals surface area contributed by atoms with Gasteiger partial charge in [-0.2, -0.15) is 0 Å². The number of rotatable bonds is 2. The molecule has 0 saturated heterocycles. The summed E-state index contributed by atoms with van der Waals surface area (Å²) in [7, 11) is 0. The summed E-state index contributed by atoms with van der Waals surface area (Å²) in [5.74, 6) is 0. The van der Waals surface area contributed by atoms with Crippen LogP contribution in [-0.2, 0) is 4.74 Å². The third-order valence-corrected chi connectivity index (χ3v) is 1.54. The molecule has 0 aromatic carbocycles. The number of hydrogen-bond acceptors (Lipinski definition) is 3. The predicted octanol–water partition coefficient (Wildman–Crippen LogP) is 2.58. The topological polar surface area (TPSA) is 51.2 Å². The lowest BCUT2D eigenvalue weighted by Gasteiger charge is -2.18. The minimum atomic E-state index is -0.483. The highest BCUT2D eigenvalue weighted by molar-refractivity contribution is 5.70. The van der Waals surface area contributed by atoms with Crippen LogP contribution in [-0.4, -0.2) is 16.7 Å². The Hall–Kier alpha value is -1.84. The molecule has 0 fully saturated rings. The van der Waals surface area contributed by atoms with Crippen LogP contribution in [0.2, 0.25) is 0 Å². The average molecular weight is 220 g/mol. The number of nitrogens with one attached hydrogen (secondary N) is 1. The maximum atomic E-state index is 11.2. The summed E-state index contributed by atoms with van der Waals surface area (Å²) in [5, 5.41) is 2.51. The van der Waals surface area contributed by atoms with Crippen molar-refractivity contribution in [1.29, 1.82) is 0 Å². The van der Waals surface area contributed by atoms with Crippen molar-refractivity contribution in [1.82, 2.24) is 10.3 Å². The monoisotopic (exact) mass is 220 g/mol. The van der Waals surface area contributed by atoms with E-state index < -0.39 is 11.7 Å². The molecule has 4 nitrogen and oxygen atoms in total. The molecule has 0 unspecified atom stereocenters. The van der Waals surface area contributed by atoms with Gasteiger partial charge in [-0.15, -0.1) is 0 Å². The van der Waals surface area contributed by atoms with Crippen LogP contribution in [0.1, 0.15) is 26.5 Å². The van der Waals surface area contributed by atoms with Gasteiger partial charge in [-0.05, 0) is 39.0 Å². The fourth-order valence-electron chi connectivity index (χ4n) is 0.977. The third kappa shape index (κ3) is 5.14. The van der Waals surface area contributed by atoms with E-state index in [4.69, 9.17) is 4.74 Å². The Labute approximate surface area is 95.3 Å². The van der Waals surface area contributed by atoms with E-state index in [-0.39, 0.29) is 0 Å². The summed E-state index contributed by atoms with van der Waals surface area (Å²) in [6, 6.07) is 5.55. The quantitative estimate of drug-likeness (QED) is 0.833. The van der Waals surface area contributed by atoms with Crippen molar-refractivity contribution in [3.05, 3.63) is 36.3 Å². The fourth-order valence-corrected chi connectivity index (χ4v) is 0.977. The first kappa shape index (κ1) is 12.2. The molecule has 0 radical (unpaired) electrons.